The smallest absolute Gasteiger partial charge is 0.191 e. The van der Waals surface area contributed by atoms with Crippen LogP contribution in [0.1, 0.15) is 32.4 Å². The van der Waals surface area contributed by atoms with Gasteiger partial charge in [0.1, 0.15) is 0 Å². The summed E-state index contributed by atoms with van der Waals surface area (Å²) >= 11 is 1.74. The average molecular weight is 454 g/mol. The molecule has 1 unspecified atom stereocenters. The Morgan fingerprint density at radius 1 is 1.30 bits per heavy atom. The van der Waals surface area contributed by atoms with Crippen LogP contribution in [0.3, 0.4) is 0 Å². The van der Waals surface area contributed by atoms with Crippen LogP contribution in [0.2, 0.25) is 0 Å². The minimum Gasteiger partial charge on any atom is -0.383 e. The zero-order chi connectivity index (χ0) is 16.2. The molecule has 134 valence electrons. The maximum absolute atomic E-state index is 5.08. The molecule has 1 aromatic rings. The molecule has 2 N–H and O–H groups in total. The van der Waals surface area contributed by atoms with Gasteiger partial charge in [-0.1, -0.05) is 13.8 Å². The lowest BCUT2D eigenvalue weighted by atomic mass is 10.1. The van der Waals surface area contributed by atoms with E-state index in [1.54, 1.807) is 18.4 Å². The molecule has 0 radical (unpaired) electrons. The highest BCUT2D eigenvalue weighted by Crippen LogP contribution is 2.23. The third kappa shape index (κ3) is 8.32. The number of thiophene rings is 1. The predicted octanol–water partition coefficient (Wildman–Crippen LogP) is 2.95. The van der Waals surface area contributed by atoms with Crippen molar-refractivity contribution in [2.75, 3.05) is 46.4 Å². The molecule has 0 spiro atoms. The van der Waals surface area contributed by atoms with Gasteiger partial charge in [0, 0.05) is 20.2 Å². The third-order valence-corrected chi connectivity index (χ3v) is 4.25. The third-order valence-electron chi connectivity index (χ3n) is 3.55. The van der Waals surface area contributed by atoms with Gasteiger partial charge in [0.2, 0.25) is 0 Å². The molecule has 0 aliphatic rings. The summed E-state index contributed by atoms with van der Waals surface area (Å²) in [4.78, 5) is 7.21. The molecular formula is C16H31IN4OS. The lowest BCUT2D eigenvalue weighted by molar-refractivity contribution is 0.203. The number of nitrogens with one attached hydrogen (secondary N) is 2. The van der Waals surface area contributed by atoms with E-state index < -0.39 is 0 Å². The van der Waals surface area contributed by atoms with Gasteiger partial charge in [0.15, 0.2) is 5.96 Å². The number of aliphatic imine (C=N–C) groups is 1. The van der Waals surface area contributed by atoms with Crippen molar-refractivity contribution in [3.05, 3.63) is 22.4 Å². The van der Waals surface area contributed by atoms with Crippen LogP contribution in [0.4, 0.5) is 0 Å². The molecule has 0 saturated carbocycles. The molecule has 1 rings (SSSR count). The van der Waals surface area contributed by atoms with Crippen LogP contribution < -0.4 is 10.6 Å². The predicted molar refractivity (Wildman–Crippen MR) is 111 cm³/mol. The number of nitrogens with zero attached hydrogens (tertiary/aromatic N) is 2. The van der Waals surface area contributed by atoms with Crippen LogP contribution in [0.5, 0.6) is 0 Å². The van der Waals surface area contributed by atoms with E-state index in [-0.39, 0.29) is 24.0 Å². The quantitative estimate of drug-likeness (QED) is 0.247. The zero-order valence-corrected chi connectivity index (χ0v) is 17.8. The van der Waals surface area contributed by atoms with Crippen molar-refractivity contribution in [2.24, 2.45) is 4.99 Å². The van der Waals surface area contributed by atoms with E-state index in [1.165, 1.54) is 5.56 Å². The van der Waals surface area contributed by atoms with Gasteiger partial charge in [-0.3, -0.25) is 9.89 Å². The Hall–Kier alpha value is -0.380. The fourth-order valence-corrected chi connectivity index (χ4v) is 3.06. The summed E-state index contributed by atoms with van der Waals surface area (Å²) in [6.07, 6.45) is 0. The first-order valence-corrected chi connectivity index (χ1v) is 8.98. The number of likely N-dealkylation sites (N-methyl/N-ethyl adjacent to an activating group) is 1. The van der Waals surface area contributed by atoms with Crippen molar-refractivity contribution in [3.63, 3.8) is 0 Å². The van der Waals surface area contributed by atoms with E-state index in [4.69, 9.17) is 9.73 Å². The molecule has 0 fully saturated rings. The molecule has 1 atom stereocenters. The Bertz CT molecular complexity index is 410. The van der Waals surface area contributed by atoms with E-state index in [9.17, 15) is 0 Å². The maximum Gasteiger partial charge on any atom is 0.191 e. The van der Waals surface area contributed by atoms with Gasteiger partial charge in [-0.05, 0) is 42.4 Å². The van der Waals surface area contributed by atoms with Gasteiger partial charge >= 0.3 is 0 Å². The van der Waals surface area contributed by atoms with E-state index in [1.807, 2.05) is 0 Å². The summed E-state index contributed by atoms with van der Waals surface area (Å²) in [7, 11) is 1.71. The fraction of sp³-hybridized carbons (Fsp3) is 0.688. The Balaban J connectivity index is 0.00000484. The summed E-state index contributed by atoms with van der Waals surface area (Å²) in [5.74, 6) is 0.854. The van der Waals surface area contributed by atoms with E-state index in [2.05, 4.69) is 53.1 Å². The summed E-state index contributed by atoms with van der Waals surface area (Å²) in [6.45, 7) is 11.6. The Morgan fingerprint density at radius 3 is 2.57 bits per heavy atom. The second-order valence-corrected chi connectivity index (χ2v) is 5.71. The lowest BCUT2D eigenvalue weighted by Gasteiger charge is -2.28. The second-order valence-electron chi connectivity index (χ2n) is 4.93. The molecule has 0 bridgehead atoms. The summed E-state index contributed by atoms with van der Waals surface area (Å²) < 4.78 is 5.08. The molecule has 0 amide bonds. The average Bonchev–Trinajstić information content (AvgIpc) is 3.05. The van der Waals surface area contributed by atoms with Crippen LogP contribution in [0, 0.1) is 0 Å². The highest BCUT2D eigenvalue weighted by Gasteiger charge is 2.18. The van der Waals surface area contributed by atoms with Crippen molar-refractivity contribution in [1.29, 1.82) is 0 Å². The highest BCUT2D eigenvalue weighted by atomic mass is 127. The van der Waals surface area contributed by atoms with Crippen molar-refractivity contribution in [3.8, 4) is 0 Å². The Labute approximate surface area is 161 Å². The molecule has 1 aromatic heterocycles. The second kappa shape index (κ2) is 14.0. The SMILES string of the molecule is CCNC(=NCC(c1ccsc1)N(CC)CC)NCCOC.I. The molecule has 5 nitrogen and oxygen atoms in total. The highest BCUT2D eigenvalue weighted by molar-refractivity contribution is 14.0. The zero-order valence-electron chi connectivity index (χ0n) is 14.7. The van der Waals surface area contributed by atoms with Crippen LogP contribution in [-0.2, 0) is 4.74 Å². The number of guanidine groups is 1. The summed E-state index contributed by atoms with van der Waals surface area (Å²) in [5, 5.41) is 10.9. The number of rotatable bonds is 10. The normalized spacial score (nSPS) is 12.8. The lowest BCUT2D eigenvalue weighted by Crippen LogP contribution is -2.40. The van der Waals surface area contributed by atoms with Gasteiger partial charge in [0.25, 0.3) is 0 Å². The van der Waals surface area contributed by atoms with Crippen LogP contribution >= 0.6 is 35.3 Å². The largest absolute Gasteiger partial charge is 0.383 e. The number of hydrogen-bond donors (Lipinski definition) is 2. The molecule has 7 heteroatoms. The first-order valence-electron chi connectivity index (χ1n) is 8.03. The number of ether oxygens (including phenoxy) is 1. The van der Waals surface area contributed by atoms with Crippen molar-refractivity contribution >= 4 is 41.3 Å². The van der Waals surface area contributed by atoms with Crippen molar-refractivity contribution in [1.82, 2.24) is 15.5 Å². The first-order chi connectivity index (χ1) is 10.8. The molecular weight excluding hydrogens is 423 g/mol. The van der Waals surface area contributed by atoms with Crippen LogP contribution in [-0.4, -0.2) is 57.3 Å². The minimum atomic E-state index is 0. The standard InChI is InChI=1S/C16H30N4OS.HI/c1-5-17-16(18-9-10-21-4)19-12-15(20(6-2)7-3)14-8-11-22-13-14;/h8,11,13,15H,5-7,9-10,12H2,1-4H3,(H2,17,18,19);1H. The molecule has 0 saturated heterocycles. The van der Waals surface area contributed by atoms with Gasteiger partial charge in [-0.15, -0.1) is 24.0 Å². The monoisotopic (exact) mass is 454 g/mol. The molecule has 0 aromatic carbocycles. The Kier molecular flexibility index (Phi) is 13.8. The van der Waals surface area contributed by atoms with E-state index in [0.717, 1.165) is 38.7 Å². The van der Waals surface area contributed by atoms with Crippen LogP contribution in [0.25, 0.3) is 0 Å². The fourth-order valence-electron chi connectivity index (χ4n) is 2.35. The summed E-state index contributed by atoms with van der Waals surface area (Å²) in [5.41, 5.74) is 1.35. The van der Waals surface area contributed by atoms with Crippen molar-refractivity contribution in [2.45, 2.75) is 26.8 Å². The van der Waals surface area contributed by atoms with Crippen LogP contribution in [0.15, 0.2) is 21.8 Å². The van der Waals surface area contributed by atoms with E-state index >= 15 is 0 Å². The molecule has 0 aliphatic carbocycles. The van der Waals surface area contributed by atoms with Gasteiger partial charge in [0.05, 0.1) is 19.2 Å². The number of hydrogen-bond acceptors (Lipinski definition) is 4. The maximum atomic E-state index is 5.08. The molecule has 23 heavy (non-hydrogen) atoms. The molecule has 1 heterocycles. The molecule has 0 aliphatic heterocycles. The Morgan fingerprint density at radius 2 is 2.04 bits per heavy atom. The van der Waals surface area contributed by atoms with Crippen molar-refractivity contribution < 1.29 is 4.74 Å². The number of halogens is 1. The first kappa shape index (κ1) is 22.6. The van der Waals surface area contributed by atoms with Gasteiger partial charge in [-0.25, -0.2) is 0 Å². The number of methoxy groups -OCH3 is 1. The topological polar surface area (TPSA) is 48.9 Å². The summed E-state index contributed by atoms with van der Waals surface area (Å²) in [6, 6.07) is 2.54. The van der Waals surface area contributed by atoms with E-state index in [0.29, 0.717) is 12.6 Å². The van der Waals surface area contributed by atoms with Gasteiger partial charge in [-0.2, -0.15) is 11.3 Å². The minimum absolute atomic E-state index is 0. The van der Waals surface area contributed by atoms with Gasteiger partial charge < -0.3 is 15.4 Å².